The summed E-state index contributed by atoms with van der Waals surface area (Å²) >= 11 is 0. The first kappa shape index (κ1) is 30.9. The average molecular weight is 448 g/mol. The Hall–Kier alpha value is -1.79. The zero-order chi connectivity index (χ0) is 19.5. The zero-order valence-corrected chi connectivity index (χ0v) is 18.1. The average Bonchev–Trinajstić information content (AvgIpc) is 2.72. The molecule has 0 aliphatic carbocycles. The van der Waals surface area contributed by atoms with Crippen LogP contribution in [-0.4, -0.2) is 25.9 Å². The Kier molecular flexibility index (Phi) is 23.8. The summed E-state index contributed by atoms with van der Waals surface area (Å²) in [5, 5.41) is 0. The number of rotatable bonds is 2. The van der Waals surface area contributed by atoms with Gasteiger partial charge in [-0.05, 0) is 29.8 Å². The van der Waals surface area contributed by atoms with Crippen LogP contribution in [0.25, 0.3) is 0 Å². The maximum absolute atomic E-state index is 9.69. The second-order valence-electron chi connectivity index (χ2n) is 4.72. The Balaban J connectivity index is -0.000000293. The minimum atomic E-state index is -3.65. The molecule has 9 heteroatoms. The molecule has 0 atom stereocenters. The number of benzene rings is 1. The number of pyridine rings is 2. The molecule has 28 heavy (non-hydrogen) atoms. The van der Waals surface area contributed by atoms with Gasteiger partial charge in [-0.15, -0.1) is 24.8 Å². The Morgan fingerprint density at radius 2 is 1.11 bits per heavy atom. The van der Waals surface area contributed by atoms with Crippen LogP contribution in [0.15, 0.2) is 91.5 Å². The van der Waals surface area contributed by atoms with Crippen molar-refractivity contribution in [3.8, 4) is 0 Å². The number of hydrogen-bond donors (Lipinski definition) is 3. The summed E-state index contributed by atoms with van der Waals surface area (Å²) in [5.74, 6) is 0. The number of nitrogens with zero attached hydrogens (tertiary/aromatic N) is 2. The van der Waals surface area contributed by atoms with Crippen LogP contribution in [0.4, 0.5) is 0 Å². The van der Waals surface area contributed by atoms with Gasteiger partial charge in [-0.3, -0.25) is 14.5 Å². The van der Waals surface area contributed by atoms with Crippen LogP contribution < -0.4 is 5.73 Å². The zero-order valence-electron chi connectivity index (χ0n) is 15.6. The van der Waals surface area contributed by atoms with Crippen LogP contribution in [0.2, 0.25) is 0 Å². The number of aromatic nitrogens is 2. The predicted octanol–water partition coefficient (Wildman–Crippen LogP) is 4.34. The smallest absolute Gasteiger partial charge is 0.325 e. The molecule has 0 saturated heterocycles. The van der Waals surface area contributed by atoms with E-state index in [1.807, 2.05) is 66.7 Å². The van der Waals surface area contributed by atoms with E-state index < -0.39 is 7.60 Å². The lowest BCUT2D eigenvalue weighted by Crippen LogP contribution is -1.94. The van der Waals surface area contributed by atoms with E-state index in [0.29, 0.717) is 6.54 Å². The summed E-state index contributed by atoms with van der Waals surface area (Å²) in [7, 11) is -3.65. The van der Waals surface area contributed by atoms with Gasteiger partial charge in [0.1, 0.15) is 0 Å². The highest BCUT2D eigenvalue weighted by Crippen LogP contribution is 2.32. The fraction of sp³-hybridized carbons (Fsp3) is 0.158. The van der Waals surface area contributed by atoms with Crippen LogP contribution in [0.3, 0.4) is 0 Å². The fourth-order valence-electron chi connectivity index (χ4n) is 1.24. The van der Waals surface area contributed by atoms with Gasteiger partial charge in [-0.1, -0.05) is 49.4 Å². The van der Waals surface area contributed by atoms with Gasteiger partial charge in [-0.2, -0.15) is 0 Å². The topological polar surface area (TPSA) is 109 Å². The summed E-state index contributed by atoms with van der Waals surface area (Å²) in [6.07, 6.45) is 6.94. The van der Waals surface area contributed by atoms with E-state index >= 15 is 0 Å². The van der Waals surface area contributed by atoms with Crippen LogP contribution in [0.5, 0.6) is 0 Å². The molecule has 0 radical (unpaired) electrons. The van der Waals surface area contributed by atoms with Crippen molar-refractivity contribution in [1.82, 2.24) is 9.97 Å². The van der Waals surface area contributed by atoms with E-state index in [9.17, 15) is 4.57 Å². The summed E-state index contributed by atoms with van der Waals surface area (Å²) in [6, 6.07) is 21.4. The SMILES string of the molecule is CCP(=O)(O)O.Cl.Cl.NCc1ccccc1.c1ccncc1.c1ccncc1. The van der Waals surface area contributed by atoms with Gasteiger partial charge < -0.3 is 15.5 Å². The number of hydrogen-bond acceptors (Lipinski definition) is 4. The van der Waals surface area contributed by atoms with Gasteiger partial charge in [0.25, 0.3) is 0 Å². The molecule has 0 bridgehead atoms. The maximum Gasteiger partial charge on any atom is 0.325 e. The molecule has 6 nitrogen and oxygen atoms in total. The molecular weight excluding hydrogens is 420 g/mol. The van der Waals surface area contributed by atoms with Crippen molar-refractivity contribution in [3.05, 3.63) is 97.1 Å². The van der Waals surface area contributed by atoms with Gasteiger partial charge in [0.2, 0.25) is 0 Å². The lowest BCUT2D eigenvalue weighted by atomic mass is 10.2. The van der Waals surface area contributed by atoms with Crippen molar-refractivity contribution in [1.29, 1.82) is 0 Å². The molecule has 0 aliphatic rings. The van der Waals surface area contributed by atoms with E-state index in [1.54, 1.807) is 24.8 Å². The first-order chi connectivity index (χ1) is 12.5. The molecule has 4 N–H and O–H groups in total. The maximum atomic E-state index is 9.69. The van der Waals surface area contributed by atoms with Crippen LogP contribution in [-0.2, 0) is 11.1 Å². The highest BCUT2D eigenvalue weighted by Gasteiger charge is 2.05. The molecule has 3 aromatic rings. The quantitative estimate of drug-likeness (QED) is 0.504. The minimum Gasteiger partial charge on any atom is -0.326 e. The minimum absolute atomic E-state index is 0. The van der Waals surface area contributed by atoms with Crippen molar-refractivity contribution < 1.29 is 14.4 Å². The predicted molar refractivity (Wildman–Crippen MR) is 120 cm³/mol. The van der Waals surface area contributed by atoms with Gasteiger partial charge in [0.05, 0.1) is 0 Å². The third kappa shape index (κ3) is 24.2. The van der Waals surface area contributed by atoms with E-state index in [4.69, 9.17) is 15.5 Å². The Morgan fingerprint density at radius 1 is 0.786 bits per heavy atom. The Bertz CT molecular complexity index is 606. The van der Waals surface area contributed by atoms with Gasteiger partial charge in [0, 0.05) is 37.5 Å². The van der Waals surface area contributed by atoms with Crippen molar-refractivity contribution in [2.45, 2.75) is 13.5 Å². The molecule has 2 aromatic heterocycles. The summed E-state index contributed by atoms with van der Waals surface area (Å²) in [5.41, 5.74) is 6.54. The van der Waals surface area contributed by atoms with Gasteiger partial charge >= 0.3 is 7.60 Å². The molecular formula is C19H28Cl2N3O3P. The third-order valence-corrected chi connectivity index (χ3v) is 3.45. The standard InChI is InChI=1S/C7H9N.2C5H5N.C2H7O3P.2ClH/c8-6-7-4-2-1-3-5-7;2*1-2-4-6-5-3-1;1-2-6(3,4)5;;/h1-5H,6,8H2;2*1-5H;2H2,1H3,(H2,3,4,5);2*1H. The molecule has 1 aromatic carbocycles. The Labute approximate surface area is 179 Å². The Morgan fingerprint density at radius 3 is 1.25 bits per heavy atom. The number of nitrogens with two attached hydrogens (primary N) is 1. The second kappa shape index (κ2) is 21.5. The van der Waals surface area contributed by atoms with Gasteiger partial charge in [0.15, 0.2) is 0 Å². The normalized spacial score (nSPS) is 8.57. The lowest BCUT2D eigenvalue weighted by Gasteiger charge is -1.92. The first-order valence-corrected chi connectivity index (χ1v) is 9.78. The van der Waals surface area contributed by atoms with E-state index in [1.165, 1.54) is 12.5 Å². The van der Waals surface area contributed by atoms with Gasteiger partial charge in [-0.25, -0.2) is 0 Å². The molecule has 3 rings (SSSR count). The van der Waals surface area contributed by atoms with E-state index in [-0.39, 0.29) is 31.0 Å². The van der Waals surface area contributed by atoms with Crippen LogP contribution >= 0.6 is 32.4 Å². The third-order valence-electron chi connectivity index (χ3n) is 2.62. The highest BCUT2D eigenvalue weighted by molar-refractivity contribution is 7.51. The van der Waals surface area contributed by atoms with Crippen molar-refractivity contribution in [3.63, 3.8) is 0 Å². The van der Waals surface area contributed by atoms with Crippen molar-refractivity contribution in [2.24, 2.45) is 5.73 Å². The molecule has 156 valence electrons. The fourth-order valence-corrected chi connectivity index (χ4v) is 1.24. The van der Waals surface area contributed by atoms with E-state index in [2.05, 4.69) is 9.97 Å². The molecule has 0 fully saturated rings. The van der Waals surface area contributed by atoms with Crippen molar-refractivity contribution in [2.75, 3.05) is 6.16 Å². The summed E-state index contributed by atoms with van der Waals surface area (Å²) < 4.78 is 9.69. The van der Waals surface area contributed by atoms with Crippen LogP contribution in [0, 0.1) is 0 Å². The lowest BCUT2D eigenvalue weighted by molar-refractivity contribution is 0.375. The molecule has 0 saturated carbocycles. The molecule has 2 heterocycles. The van der Waals surface area contributed by atoms with E-state index in [0.717, 1.165) is 0 Å². The largest absolute Gasteiger partial charge is 0.326 e. The van der Waals surface area contributed by atoms with Crippen LogP contribution in [0.1, 0.15) is 12.5 Å². The first-order valence-electron chi connectivity index (χ1n) is 7.98. The molecule has 0 spiro atoms. The second-order valence-corrected chi connectivity index (χ2v) is 6.68. The molecule has 0 aliphatic heterocycles. The monoisotopic (exact) mass is 447 g/mol. The molecule has 0 amide bonds. The number of halogens is 2. The van der Waals surface area contributed by atoms with Crippen molar-refractivity contribution >= 4 is 32.4 Å². The molecule has 0 unspecified atom stereocenters. The summed E-state index contributed by atoms with van der Waals surface area (Å²) in [4.78, 5) is 23.4. The summed E-state index contributed by atoms with van der Waals surface area (Å²) in [6.45, 7) is 2.08. The highest BCUT2D eigenvalue weighted by atomic mass is 35.5.